The van der Waals surface area contributed by atoms with Crippen LogP contribution in [0.1, 0.15) is 32.6 Å². The highest BCUT2D eigenvalue weighted by molar-refractivity contribution is 4.84. The van der Waals surface area contributed by atoms with Crippen molar-refractivity contribution in [1.82, 2.24) is 0 Å². The largest absolute Gasteiger partial charge is 0.393 e. The molecule has 2 atom stereocenters. The van der Waals surface area contributed by atoms with E-state index in [1.165, 1.54) is 19.3 Å². The molecule has 0 spiro atoms. The van der Waals surface area contributed by atoms with E-state index in [1.807, 2.05) is 0 Å². The van der Waals surface area contributed by atoms with Gasteiger partial charge in [0.15, 0.2) is 0 Å². The van der Waals surface area contributed by atoms with Crippen molar-refractivity contribution in [3.8, 4) is 0 Å². The maximum absolute atomic E-state index is 8.85. The first-order valence-corrected chi connectivity index (χ1v) is 3.52. The van der Waals surface area contributed by atoms with Gasteiger partial charge in [0.2, 0.25) is 0 Å². The third-order valence-electron chi connectivity index (χ3n) is 1.81. The van der Waals surface area contributed by atoms with Crippen LogP contribution in [0.25, 0.3) is 0 Å². The Morgan fingerprint density at radius 1 is 1.62 bits per heavy atom. The summed E-state index contributed by atoms with van der Waals surface area (Å²) < 4.78 is 0. The fourth-order valence-electron chi connectivity index (χ4n) is 1.01. The van der Waals surface area contributed by atoms with Crippen LogP contribution in [0.5, 0.6) is 0 Å². The Labute approximate surface area is 50.7 Å². The zero-order valence-corrected chi connectivity index (χ0v) is 5.43. The molecule has 1 heteroatoms. The van der Waals surface area contributed by atoms with Crippen molar-refractivity contribution in [2.75, 3.05) is 0 Å². The van der Waals surface area contributed by atoms with E-state index in [9.17, 15) is 0 Å². The van der Waals surface area contributed by atoms with Crippen molar-refractivity contribution in [1.29, 1.82) is 0 Å². The van der Waals surface area contributed by atoms with Crippen LogP contribution in [0.15, 0.2) is 0 Å². The second kappa shape index (κ2) is 2.49. The minimum atomic E-state index is 0.0709. The smallest absolute Gasteiger partial charge is 0.0573 e. The van der Waals surface area contributed by atoms with Gasteiger partial charge >= 0.3 is 0 Å². The van der Waals surface area contributed by atoms with E-state index >= 15 is 0 Å². The predicted octanol–water partition coefficient (Wildman–Crippen LogP) is 1.56. The molecule has 0 amide bonds. The number of aliphatic hydroxyl groups is 1. The van der Waals surface area contributed by atoms with Gasteiger partial charge in [-0.3, -0.25) is 0 Å². The summed E-state index contributed by atoms with van der Waals surface area (Å²) in [6.07, 6.45) is 4.95. The van der Waals surface area contributed by atoms with E-state index < -0.39 is 0 Å². The molecule has 1 N–H and O–H groups in total. The van der Waals surface area contributed by atoms with E-state index in [4.69, 9.17) is 5.11 Å². The van der Waals surface area contributed by atoms with Crippen LogP contribution in [-0.2, 0) is 0 Å². The maximum atomic E-state index is 8.85. The van der Waals surface area contributed by atoms with E-state index in [2.05, 4.69) is 6.92 Å². The van der Waals surface area contributed by atoms with Crippen LogP contribution in [-0.4, -0.2) is 11.2 Å². The molecule has 48 valence electrons. The molecule has 2 unspecified atom stereocenters. The average Bonchev–Trinajstić information content (AvgIpc) is 2.42. The van der Waals surface area contributed by atoms with Gasteiger partial charge in [0.1, 0.15) is 0 Å². The maximum Gasteiger partial charge on any atom is 0.0573 e. The van der Waals surface area contributed by atoms with Crippen LogP contribution in [0.2, 0.25) is 0 Å². The van der Waals surface area contributed by atoms with Crippen LogP contribution in [0.4, 0.5) is 0 Å². The Balaban J connectivity index is 1.89. The fraction of sp³-hybridized carbons (Fsp3) is 1.00. The van der Waals surface area contributed by atoms with Gasteiger partial charge in [-0.25, -0.2) is 0 Å². The Morgan fingerprint density at radius 3 is 2.62 bits per heavy atom. The SMILES string of the molecule is CCCCC1CC1O. The number of hydrogen-bond donors (Lipinski definition) is 1. The summed E-state index contributed by atoms with van der Waals surface area (Å²) in [4.78, 5) is 0. The van der Waals surface area contributed by atoms with Crippen LogP contribution in [0.3, 0.4) is 0 Å². The molecule has 1 rings (SSSR count). The topological polar surface area (TPSA) is 20.2 Å². The Bertz CT molecular complexity index is 70.8. The third-order valence-corrected chi connectivity index (χ3v) is 1.81. The summed E-state index contributed by atoms with van der Waals surface area (Å²) in [5, 5.41) is 8.85. The minimum absolute atomic E-state index is 0.0709. The zero-order chi connectivity index (χ0) is 5.98. The van der Waals surface area contributed by atoms with Gasteiger partial charge in [0.25, 0.3) is 0 Å². The monoisotopic (exact) mass is 114 g/mol. The zero-order valence-electron chi connectivity index (χ0n) is 5.43. The molecule has 0 aromatic carbocycles. The molecule has 0 heterocycles. The minimum Gasteiger partial charge on any atom is -0.393 e. The molecule has 1 aliphatic carbocycles. The first kappa shape index (κ1) is 6.09. The van der Waals surface area contributed by atoms with Crippen molar-refractivity contribution in [2.45, 2.75) is 38.7 Å². The van der Waals surface area contributed by atoms with E-state index in [0.29, 0.717) is 5.92 Å². The first-order chi connectivity index (χ1) is 3.84. The van der Waals surface area contributed by atoms with E-state index in [1.54, 1.807) is 0 Å². The molecule has 0 aromatic rings. The second-order valence-electron chi connectivity index (χ2n) is 2.71. The molecule has 0 saturated heterocycles. The van der Waals surface area contributed by atoms with E-state index in [-0.39, 0.29) is 6.10 Å². The summed E-state index contributed by atoms with van der Waals surface area (Å²) in [6.45, 7) is 2.19. The quantitative estimate of drug-likeness (QED) is 0.590. The van der Waals surface area contributed by atoms with Gasteiger partial charge in [-0.2, -0.15) is 0 Å². The molecule has 0 bridgehead atoms. The Hall–Kier alpha value is -0.0400. The highest BCUT2D eigenvalue weighted by atomic mass is 16.3. The number of unbranched alkanes of at least 4 members (excludes halogenated alkanes) is 1. The van der Waals surface area contributed by atoms with Crippen LogP contribution >= 0.6 is 0 Å². The summed E-state index contributed by atoms with van der Waals surface area (Å²) in [5.74, 6) is 0.676. The molecular formula is C7H14O. The van der Waals surface area contributed by atoms with E-state index in [0.717, 1.165) is 6.42 Å². The van der Waals surface area contributed by atoms with Crippen molar-refractivity contribution >= 4 is 0 Å². The van der Waals surface area contributed by atoms with Gasteiger partial charge in [-0.15, -0.1) is 0 Å². The molecular weight excluding hydrogens is 100 g/mol. The lowest BCUT2D eigenvalue weighted by atomic mass is 10.2. The third kappa shape index (κ3) is 1.48. The van der Waals surface area contributed by atoms with Crippen LogP contribution < -0.4 is 0 Å². The van der Waals surface area contributed by atoms with Crippen molar-refractivity contribution in [2.24, 2.45) is 5.92 Å². The summed E-state index contributed by atoms with van der Waals surface area (Å²) in [5.41, 5.74) is 0. The molecule has 0 radical (unpaired) electrons. The van der Waals surface area contributed by atoms with Gasteiger partial charge < -0.3 is 5.11 Å². The normalized spacial score (nSPS) is 35.2. The highest BCUT2D eigenvalue weighted by Gasteiger charge is 2.33. The first-order valence-electron chi connectivity index (χ1n) is 3.52. The van der Waals surface area contributed by atoms with Crippen molar-refractivity contribution < 1.29 is 5.11 Å². The number of rotatable bonds is 3. The standard InChI is InChI=1S/C7H14O/c1-2-3-4-6-5-7(6)8/h6-8H,2-5H2,1H3. The molecule has 0 aromatic heterocycles. The lowest BCUT2D eigenvalue weighted by Gasteiger charge is -1.90. The van der Waals surface area contributed by atoms with Gasteiger partial charge in [0, 0.05) is 0 Å². The summed E-state index contributed by atoms with van der Waals surface area (Å²) >= 11 is 0. The fourth-order valence-corrected chi connectivity index (χ4v) is 1.01. The van der Waals surface area contributed by atoms with Crippen molar-refractivity contribution in [3.63, 3.8) is 0 Å². The average molecular weight is 114 g/mol. The van der Waals surface area contributed by atoms with Gasteiger partial charge in [-0.1, -0.05) is 19.8 Å². The molecule has 1 aliphatic rings. The summed E-state index contributed by atoms with van der Waals surface area (Å²) in [6, 6.07) is 0. The van der Waals surface area contributed by atoms with Crippen LogP contribution in [0, 0.1) is 5.92 Å². The summed E-state index contributed by atoms with van der Waals surface area (Å²) in [7, 11) is 0. The lowest BCUT2D eigenvalue weighted by molar-refractivity contribution is 0.256. The predicted molar refractivity (Wildman–Crippen MR) is 33.6 cm³/mol. The lowest BCUT2D eigenvalue weighted by Crippen LogP contribution is -1.84. The Kier molecular flexibility index (Phi) is 1.90. The second-order valence-corrected chi connectivity index (χ2v) is 2.71. The van der Waals surface area contributed by atoms with Gasteiger partial charge in [-0.05, 0) is 18.8 Å². The molecule has 8 heavy (non-hydrogen) atoms. The Morgan fingerprint density at radius 2 is 2.25 bits per heavy atom. The number of aliphatic hydroxyl groups excluding tert-OH is 1. The number of hydrogen-bond acceptors (Lipinski definition) is 1. The van der Waals surface area contributed by atoms with Gasteiger partial charge in [0.05, 0.1) is 6.10 Å². The molecule has 0 aliphatic heterocycles. The van der Waals surface area contributed by atoms with Crippen molar-refractivity contribution in [3.05, 3.63) is 0 Å². The molecule has 1 fully saturated rings. The molecule has 1 saturated carbocycles. The molecule has 1 nitrogen and oxygen atoms in total. The highest BCUT2D eigenvalue weighted by Crippen LogP contribution is 2.34.